The minimum absolute atomic E-state index is 0.156. The highest BCUT2D eigenvalue weighted by Crippen LogP contribution is 2.28. The van der Waals surface area contributed by atoms with Gasteiger partial charge in [0.25, 0.3) is 0 Å². The van der Waals surface area contributed by atoms with Crippen molar-refractivity contribution in [3.05, 3.63) is 28.8 Å². The summed E-state index contributed by atoms with van der Waals surface area (Å²) in [4.78, 5) is 0.156. The Hall–Kier alpha value is -0.740. The second-order valence-corrected chi connectivity index (χ2v) is 8.27. The summed E-state index contributed by atoms with van der Waals surface area (Å²) in [5.74, 6) is 0.807. The van der Waals surface area contributed by atoms with Gasteiger partial charge in [-0.15, -0.1) is 0 Å². The van der Waals surface area contributed by atoms with Gasteiger partial charge in [0.2, 0.25) is 10.0 Å². The maximum atomic E-state index is 12.6. The Labute approximate surface area is 128 Å². The minimum atomic E-state index is -3.53. The third-order valence-electron chi connectivity index (χ3n) is 3.26. The SMILES string of the molecule is CCC1CN(S(=O)(=O)c2ccc(C#N)c(Cl)c2)CCS1. The van der Waals surface area contributed by atoms with Gasteiger partial charge in [0, 0.05) is 24.1 Å². The molecule has 0 radical (unpaired) electrons. The molecule has 1 aliphatic heterocycles. The number of hydrogen-bond donors (Lipinski definition) is 0. The van der Waals surface area contributed by atoms with Crippen LogP contribution in [0.15, 0.2) is 23.1 Å². The van der Waals surface area contributed by atoms with Crippen LogP contribution in [0, 0.1) is 11.3 Å². The van der Waals surface area contributed by atoms with Crippen molar-refractivity contribution in [2.24, 2.45) is 0 Å². The zero-order chi connectivity index (χ0) is 14.8. The normalized spacial score (nSPS) is 20.6. The van der Waals surface area contributed by atoms with Gasteiger partial charge in [-0.3, -0.25) is 0 Å². The highest BCUT2D eigenvalue weighted by Gasteiger charge is 2.30. The number of nitriles is 1. The van der Waals surface area contributed by atoms with Gasteiger partial charge in [0.15, 0.2) is 0 Å². The molecule has 1 aliphatic rings. The maximum absolute atomic E-state index is 12.6. The van der Waals surface area contributed by atoms with Crippen molar-refractivity contribution < 1.29 is 8.42 Å². The van der Waals surface area contributed by atoms with Gasteiger partial charge in [-0.2, -0.15) is 21.3 Å². The van der Waals surface area contributed by atoms with Crippen molar-refractivity contribution in [3.63, 3.8) is 0 Å². The highest BCUT2D eigenvalue weighted by molar-refractivity contribution is 8.00. The lowest BCUT2D eigenvalue weighted by Gasteiger charge is -2.31. The van der Waals surface area contributed by atoms with Crippen molar-refractivity contribution in [2.45, 2.75) is 23.5 Å². The summed E-state index contributed by atoms with van der Waals surface area (Å²) in [6.07, 6.45) is 0.949. The number of thioether (sulfide) groups is 1. The molecule has 7 heteroatoms. The monoisotopic (exact) mass is 330 g/mol. The molecule has 0 N–H and O–H groups in total. The lowest BCUT2D eigenvalue weighted by molar-refractivity contribution is 0.416. The van der Waals surface area contributed by atoms with Gasteiger partial charge in [0.1, 0.15) is 6.07 Å². The van der Waals surface area contributed by atoms with E-state index in [0.29, 0.717) is 18.3 Å². The molecule has 2 rings (SSSR count). The Kier molecular flexibility index (Phi) is 4.97. The molecule has 1 heterocycles. The predicted molar refractivity (Wildman–Crippen MR) is 81.5 cm³/mol. The Morgan fingerprint density at radius 3 is 2.90 bits per heavy atom. The Bertz CT molecular complexity index is 640. The molecule has 1 aromatic rings. The summed E-state index contributed by atoms with van der Waals surface area (Å²) < 4.78 is 26.7. The molecule has 0 aromatic heterocycles. The number of benzene rings is 1. The molecule has 4 nitrogen and oxygen atoms in total. The number of nitrogens with zero attached hydrogens (tertiary/aromatic N) is 2. The first-order chi connectivity index (χ1) is 9.48. The molecule has 1 fully saturated rings. The standard InChI is InChI=1S/C13H15ClN2O2S2/c1-2-11-9-16(5-6-19-11)20(17,18)12-4-3-10(8-15)13(14)7-12/h3-4,7,11H,2,5-6,9H2,1H3. The average molecular weight is 331 g/mol. The largest absolute Gasteiger partial charge is 0.243 e. The molecular formula is C13H15ClN2O2S2. The first-order valence-electron chi connectivity index (χ1n) is 6.30. The van der Waals surface area contributed by atoms with Crippen LogP contribution in [0.4, 0.5) is 0 Å². The summed E-state index contributed by atoms with van der Waals surface area (Å²) in [7, 11) is -3.53. The summed E-state index contributed by atoms with van der Waals surface area (Å²) in [6, 6.07) is 6.18. The van der Waals surface area contributed by atoms with E-state index in [1.165, 1.54) is 22.5 Å². The van der Waals surface area contributed by atoms with E-state index in [0.717, 1.165) is 12.2 Å². The number of halogens is 1. The Morgan fingerprint density at radius 2 is 2.30 bits per heavy atom. The Balaban J connectivity index is 2.31. The van der Waals surface area contributed by atoms with E-state index >= 15 is 0 Å². The van der Waals surface area contributed by atoms with Crippen LogP contribution in [0.5, 0.6) is 0 Å². The first kappa shape index (κ1) is 15.6. The molecule has 0 amide bonds. The van der Waals surface area contributed by atoms with Crippen molar-refractivity contribution in [1.82, 2.24) is 4.31 Å². The van der Waals surface area contributed by atoms with Crippen molar-refractivity contribution in [2.75, 3.05) is 18.8 Å². The molecule has 1 saturated heterocycles. The molecular weight excluding hydrogens is 316 g/mol. The molecule has 0 aliphatic carbocycles. The van der Waals surface area contributed by atoms with Gasteiger partial charge < -0.3 is 0 Å². The molecule has 1 unspecified atom stereocenters. The fourth-order valence-corrected chi connectivity index (χ4v) is 5.24. The molecule has 0 bridgehead atoms. The van der Waals surface area contributed by atoms with Crippen LogP contribution in [0.3, 0.4) is 0 Å². The van der Waals surface area contributed by atoms with Crippen LogP contribution >= 0.6 is 23.4 Å². The van der Waals surface area contributed by atoms with Crippen LogP contribution < -0.4 is 0 Å². The lowest BCUT2D eigenvalue weighted by Crippen LogP contribution is -2.41. The molecule has 108 valence electrons. The fourth-order valence-electron chi connectivity index (χ4n) is 2.05. The van der Waals surface area contributed by atoms with E-state index in [-0.39, 0.29) is 15.5 Å². The van der Waals surface area contributed by atoms with Gasteiger partial charge in [0.05, 0.1) is 15.5 Å². The Morgan fingerprint density at radius 1 is 1.55 bits per heavy atom. The quantitative estimate of drug-likeness (QED) is 0.855. The molecule has 1 aromatic carbocycles. The molecule has 1 atom stereocenters. The topological polar surface area (TPSA) is 61.2 Å². The highest BCUT2D eigenvalue weighted by atomic mass is 35.5. The van der Waals surface area contributed by atoms with E-state index in [1.807, 2.05) is 17.8 Å². The van der Waals surface area contributed by atoms with Crippen molar-refractivity contribution in [3.8, 4) is 6.07 Å². The third-order valence-corrected chi connectivity index (χ3v) is 6.80. The van der Waals surface area contributed by atoms with E-state index < -0.39 is 10.0 Å². The van der Waals surface area contributed by atoms with Crippen LogP contribution in [-0.4, -0.2) is 36.8 Å². The average Bonchev–Trinajstić information content (AvgIpc) is 2.47. The zero-order valence-electron chi connectivity index (χ0n) is 11.0. The lowest BCUT2D eigenvalue weighted by atomic mass is 10.2. The van der Waals surface area contributed by atoms with Crippen LogP contribution in [0.1, 0.15) is 18.9 Å². The second-order valence-electron chi connectivity index (χ2n) is 4.52. The van der Waals surface area contributed by atoms with Gasteiger partial charge in [-0.1, -0.05) is 18.5 Å². The molecule has 0 spiro atoms. The van der Waals surface area contributed by atoms with Crippen LogP contribution in [-0.2, 0) is 10.0 Å². The smallest absolute Gasteiger partial charge is 0.207 e. The van der Waals surface area contributed by atoms with Crippen LogP contribution in [0.25, 0.3) is 0 Å². The first-order valence-corrected chi connectivity index (χ1v) is 9.17. The fraction of sp³-hybridized carbons (Fsp3) is 0.462. The van der Waals surface area contributed by atoms with Gasteiger partial charge >= 0.3 is 0 Å². The predicted octanol–water partition coefficient (Wildman–Crippen LogP) is 2.73. The number of rotatable bonds is 3. The zero-order valence-corrected chi connectivity index (χ0v) is 13.4. The number of hydrogen-bond acceptors (Lipinski definition) is 4. The summed E-state index contributed by atoms with van der Waals surface area (Å²) in [5.41, 5.74) is 0.284. The molecule has 0 saturated carbocycles. The number of sulfonamides is 1. The van der Waals surface area contributed by atoms with Crippen molar-refractivity contribution >= 4 is 33.4 Å². The van der Waals surface area contributed by atoms with E-state index in [1.54, 1.807) is 0 Å². The maximum Gasteiger partial charge on any atom is 0.243 e. The minimum Gasteiger partial charge on any atom is -0.207 e. The van der Waals surface area contributed by atoms with E-state index in [4.69, 9.17) is 16.9 Å². The summed E-state index contributed by atoms with van der Waals surface area (Å²) in [5, 5.41) is 9.34. The molecule has 20 heavy (non-hydrogen) atoms. The van der Waals surface area contributed by atoms with Gasteiger partial charge in [-0.05, 0) is 24.6 Å². The van der Waals surface area contributed by atoms with Crippen LogP contribution in [0.2, 0.25) is 5.02 Å². The van der Waals surface area contributed by atoms with Crippen molar-refractivity contribution in [1.29, 1.82) is 5.26 Å². The second kappa shape index (κ2) is 6.35. The third kappa shape index (κ3) is 3.12. The van der Waals surface area contributed by atoms with Gasteiger partial charge in [-0.25, -0.2) is 8.42 Å². The summed E-state index contributed by atoms with van der Waals surface area (Å²) in [6.45, 7) is 3.11. The van der Waals surface area contributed by atoms with E-state index in [9.17, 15) is 8.42 Å². The summed E-state index contributed by atoms with van der Waals surface area (Å²) >= 11 is 7.73. The van der Waals surface area contributed by atoms with E-state index in [2.05, 4.69) is 6.92 Å².